The van der Waals surface area contributed by atoms with Crippen molar-refractivity contribution in [1.29, 1.82) is 0 Å². The zero-order chi connectivity index (χ0) is 19.9. The summed E-state index contributed by atoms with van der Waals surface area (Å²) >= 11 is 0. The van der Waals surface area contributed by atoms with Crippen LogP contribution in [0.1, 0.15) is 31.0 Å². The molecule has 0 bridgehead atoms. The highest BCUT2D eigenvalue weighted by Crippen LogP contribution is 2.18. The van der Waals surface area contributed by atoms with E-state index in [9.17, 15) is 9.50 Å². The molecule has 28 heavy (non-hydrogen) atoms. The molecule has 7 heteroatoms. The summed E-state index contributed by atoms with van der Waals surface area (Å²) in [6.07, 6.45) is 3.65. The summed E-state index contributed by atoms with van der Waals surface area (Å²) in [5.41, 5.74) is 2.76. The Bertz CT molecular complexity index is 940. The predicted octanol–water partition coefficient (Wildman–Crippen LogP) is 3.53. The second-order valence-electron chi connectivity index (χ2n) is 6.39. The SMILES string of the molecule is CCNC(=NCc1ccc(O)c(F)c1)NC(C)c1cccc(-n2cccn2)c1. The Kier molecular flexibility index (Phi) is 6.26. The molecule has 0 radical (unpaired) electrons. The average molecular weight is 381 g/mol. The average Bonchev–Trinajstić information content (AvgIpc) is 3.24. The largest absolute Gasteiger partial charge is 0.505 e. The van der Waals surface area contributed by atoms with Gasteiger partial charge in [-0.05, 0) is 55.3 Å². The summed E-state index contributed by atoms with van der Waals surface area (Å²) in [5, 5.41) is 20.1. The van der Waals surface area contributed by atoms with Crippen LogP contribution in [-0.4, -0.2) is 27.4 Å². The number of nitrogens with one attached hydrogen (secondary N) is 2. The Balaban J connectivity index is 1.72. The molecule has 0 saturated heterocycles. The molecule has 3 rings (SSSR count). The molecule has 0 spiro atoms. The lowest BCUT2D eigenvalue weighted by Crippen LogP contribution is -2.38. The van der Waals surface area contributed by atoms with Crippen molar-refractivity contribution in [3.63, 3.8) is 0 Å². The fraction of sp³-hybridized carbons (Fsp3) is 0.238. The molecular weight excluding hydrogens is 357 g/mol. The van der Waals surface area contributed by atoms with Gasteiger partial charge in [-0.1, -0.05) is 18.2 Å². The van der Waals surface area contributed by atoms with E-state index in [0.29, 0.717) is 24.6 Å². The first-order chi connectivity index (χ1) is 13.6. The van der Waals surface area contributed by atoms with E-state index in [4.69, 9.17) is 0 Å². The Hall–Kier alpha value is -3.35. The molecule has 1 atom stereocenters. The topological polar surface area (TPSA) is 74.5 Å². The minimum absolute atomic E-state index is 0.00451. The third-order valence-corrected chi connectivity index (χ3v) is 4.27. The highest BCUT2D eigenvalue weighted by atomic mass is 19.1. The number of phenolic OH excluding ortho intramolecular Hbond substituents is 1. The fourth-order valence-corrected chi connectivity index (χ4v) is 2.79. The van der Waals surface area contributed by atoms with E-state index < -0.39 is 5.82 Å². The normalized spacial score (nSPS) is 12.6. The number of hydrogen-bond acceptors (Lipinski definition) is 3. The molecule has 6 nitrogen and oxygen atoms in total. The first-order valence-corrected chi connectivity index (χ1v) is 9.19. The van der Waals surface area contributed by atoms with Crippen LogP contribution in [0.5, 0.6) is 5.75 Å². The molecule has 0 amide bonds. The van der Waals surface area contributed by atoms with E-state index in [1.807, 2.05) is 42.1 Å². The Morgan fingerprint density at radius 2 is 2.11 bits per heavy atom. The summed E-state index contributed by atoms with van der Waals surface area (Å²) in [6.45, 7) is 5.04. The first-order valence-electron chi connectivity index (χ1n) is 9.19. The number of aromatic nitrogens is 2. The molecule has 0 saturated carbocycles. The Morgan fingerprint density at radius 1 is 1.25 bits per heavy atom. The van der Waals surface area contributed by atoms with Gasteiger partial charge in [-0.25, -0.2) is 14.1 Å². The van der Waals surface area contributed by atoms with Crippen LogP contribution in [0.3, 0.4) is 0 Å². The van der Waals surface area contributed by atoms with Crippen molar-refractivity contribution in [2.24, 2.45) is 4.99 Å². The van der Waals surface area contributed by atoms with Gasteiger partial charge in [0.15, 0.2) is 17.5 Å². The number of aliphatic imine (C=N–C) groups is 1. The van der Waals surface area contributed by atoms with Crippen molar-refractivity contribution in [3.05, 3.63) is 77.9 Å². The van der Waals surface area contributed by atoms with Gasteiger partial charge in [-0.2, -0.15) is 5.10 Å². The van der Waals surface area contributed by atoms with Gasteiger partial charge in [0.2, 0.25) is 0 Å². The predicted molar refractivity (Wildman–Crippen MR) is 108 cm³/mol. The number of nitrogens with zero attached hydrogens (tertiary/aromatic N) is 3. The van der Waals surface area contributed by atoms with Crippen LogP contribution in [0.2, 0.25) is 0 Å². The summed E-state index contributed by atoms with van der Waals surface area (Å²) < 4.78 is 15.3. The van der Waals surface area contributed by atoms with Gasteiger partial charge in [-0.15, -0.1) is 0 Å². The highest BCUT2D eigenvalue weighted by molar-refractivity contribution is 5.80. The number of benzene rings is 2. The van der Waals surface area contributed by atoms with Crippen molar-refractivity contribution >= 4 is 5.96 Å². The highest BCUT2D eigenvalue weighted by Gasteiger charge is 2.09. The molecule has 3 aromatic rings. The number of halogens is 1. The Morgan fingerprint density at radius 3 is 2.82 bits per heavy atom. The van der Waals surface area contributed by atoms with Gasteiger partial charge in [0.1, 0.15) is 0 Å². The quantitative estimate of drug-likeness (QED) is 0.451. The van der Waals surface area contributed by atoms with Gasteiger partial charge in [0.05, 0.1) is 18.3 Å². The van der Waals surface area contributed by atoms with Crippen LogP contribution in [0.4, 0.5) is 4.39 Å². The molecule has 0 aliphatic carbocycles. The maximum atomic E-state index is 13.5. The van der Waals surface area contributed by atoms with Crippen molar-refractivity contribution < 1.29 is 9.50 Å². The van der Waals surface area contributed by atoms with Crippen LogP contribution in [0.25, 0.3) is 5.69 Å². The maximum absolute atomic E-state index is 13.5. The van der Waals surface area contributed by atoms with Crippen LogP contribution in [0, 0.1) is 5.82 Å². The van der Waals surface area contributed by atoms with Gasteiger partial charge < -0.3 is 15.7 Å². The molecule has 0 aliphatic heterocycles. The van der Waals surface area contributed by atoms with Crippen LogP contribution < -0.4 is 10.6 Å². The number of guanidine groups is 1. The van der Waals surface area contributed by atoms with Crippen LogP contribution in [0.15, 0.2) is 65.9 Å². The van der Waals surface area contributed by atoms with E-state index in [1.54, 1.807) is 12.3 Å². The van der Waals surface area contributed by atoms with Gasteiger partial charge in [0, 0.05) is 18.9 Å². The molecule has 0 aliphatic rings. The third-order valence-electron chi connectivity index (χ3n) is 4.27. The minimum Gasteiger partial charge on any atom is -0.505 e. The molecule has 0 fully saturated rings. The Labute approximate surface area is 163 Å². The zero-order valence-electron chi connectivity index (χ0n) is 15.9. The number of aromatic hydroxyl groups is 1. The number of phenols is 1. The zero-order valence-corrected chi connectivity index (χ0v) is 15.9. The van der Waals surface area contributed by atoms with Gasteiger partial charge in [-0.3, -0.25) is 0 Å². The summed E-state index contributed by atoms with van der Waals surface area (Å²) in [5.74, 6) is -0.370. The van der Waals surface area contributed by atoms with E-state index in [-0.39, 0.29) is 11.8 Å². The standard InChI is InChI=1S/C21H24FN5O/c1-3-23-21(24-14-16-8-9-20(28)19(22)12-16)26-15(2)17-6-4-7-18(13-17)27-11-5-10-25-27/h4-13,15,28H,3,14H2,1-2H3,(H2,23,24,26). The van der Waals surface area contributed by atoms with E-state index in [2.05, 4.69) is 33.7 Å². The molecule has 3 N–H and O–H groups in total. The van der Waals surface area contributed by atoms with Crippen molar-refractivity contribution in [2.75, 3.05) is 6.54 Å². The van der Waals surface area contributed by atoms with Gasteiger partial charge in [0.25, 0.3) is 0 Å². The van der Waals surface area contributed by atoms with Gasteiger partial charge >= 0.3 is 0 Å². The third kappa shape index (κ3) is 4.88. The molecule has 1 heterocycles. The summed E-state index contributed by atoms with van der Waals surface area (Å²) in [7, 11) is 0. The maximum Gasteiger partial charge on any atom is 0.192 e. The minimum atomic E-state index is -0.644. The lowest BCUT2D eigenvalue weighted by atomic mass is 10.1. The van der Waals surface area contributed by atoms with E-state index in [0.717, 1.165) is 11.3 Å². The number of rotatable bonds is 6. The van der Waals surface area contributed by atoms with E-state index in [1.165, 1.54) is 12.1 Å². The number of hydrogen-bond donors (Lipinski definition) is 3. The van der Waals surface area contributed by atoms with Crippen LogP contribution in [-0.2, 0) is 6.54 Å². The van der Waals surface area contributed by atoms with E-state index >= 15 is 0 Å². The second kappa shape index (κ2) is 9.03. The smallest absolute Gasteiger partial charge is 0.192 e. The summed E-state index contributed by atoms with van der Waals surface area (Å²) in [4.78, 5) is 4.52. The molecular formula is C21H24FN5O. The van der Waals surface area contributed by atoms with Crippen molar-refractivity contribution in [1.82, 2.24) is 20.4 Å². The monoisotopic (exact) mass is 381 g/mol. The molecule has 2 aromatic carbocycles. The van der Waals surface area contributed by atoms with Crippen molar-refractivity contribution in [3.8, 4) is 11.4 Å². The summed E-state index contributed by atoms with van der Waals surface area (Å²) in [6, 6.07) is 14.3. The lowest BCUT2D eigenvalue weighted by Gasteiger charge is -2.19. The molecule has 1 aromatic heterocycles. The fourth-order valence-electron chi connectivity index (χ4n) is 2.79. The first kappa shape index (κ1) is 19.4. The lowest BCUT2D eigenvalue weighted by molar-refractivity contribution is 0.432. The molecule has 146 valence electrons. The molecule has 1 unspecified atom stereocenters. The van der Waals surface area contributed by atoms with Crippen LogP contribution >= 0.6 is 0 Å². The van der Waals surface area contributed by atoms with Crippen molar-refractivity contribution in [2.45, 2.75) is 26.4 Å². The second-order valence-corrected chi connectivity index (χ2v) is 6.39.